The van der Waals surface area contributed by atoms with Crippen LogP contribution in [0.1, 0.15) is 37.4 Å². The van der Waals surface area contributed by atoms with E-state index in [0.29, 0.717) is 12.2 Å². The molecule has 0 radical (unpaired) electrons. The van der Waals surface area contributed by atoms with Gasteiger partial charge >= 0.3 is 0 Å². The van der Waals surface area contributed by atoms with Gasteiger partial charge in [-0.3, -0.25) is 4.79 Å². The molecule has 0 fully saturated rings. The van der Waals surface area contributed by atoms with E-state index in [1.807, 2.05) is 12.3 Å². The molecule has 0 saturated carbocycles. The maximum Gasteiger partial charge on any atom is 0.142 e. The van der Waals surface area contributed by atoms with Crippen molar-refractivity contribution in [2.24, 2.45) is 5.92 Å². The van der Waals surface area contributed by atoms with E-state index in [1.54, 1.807) is 11.3 Å². The van der Waals surface area contributed by atoms with Gasteiger partial charge in [0.25, 0.3) is 0 Å². The van der Waals surface area contributed by atoms with Crippen LogP contribution in [-0.2, 0) is 11.2 Å². The van der Waals surface area contributed by atoms with Gasteiger partial charge in [-0.2, -0.15) is 0 Å². The van der Waals surface area contributed by atoms with Crippen molar-refractivity contribution in [1.29, 1.82) is 0 Å². The average Bonchev–Trinajstić information content (AvgIpc) is 2.53. The first-order valence-electron chi connectivity index (χ1n) is 5.11. The van der Waals surface area contributed by atoms with Crippen molar-refractivity contribution in [2.45, 2.75) is 40.0 Å². The maximum atomic E-state index is 11.8. The van der Waals surface area contributed by atoms with Gasteiger partial charge in [0, 0.05) is 17.0 Å². The van der Waals surface area contributed by atoms with Gasteiger partial charge in [0.05, 0.1) is 6.42 Å². The molecule has 0 unspecified atom stereocenters. The highest BCUT2D eigenvalue weighted by molar-refractivity contribution is 7.09. The summed E-state index contributed by atoms with van der Waals surface area (Å²) in [5.74, 6) is 0.559. The molecular formula is C11H17NOS. The molecule has 0 aliphatic rings. The summed E-state index contributed by atoms with van der Waals surface area (Å²) >= 11 is 1.58. The molecule has 0 aliphatic carbocycles. The van der Waals surface area contributed by atoms with Gasteiger partial charge in [0.1, 0.15) is 10.8 Å². The van der Waals surface area contributed by atoms with Crippen molar-refractivity contribution in [3.63, 3.8) is 0 Å². The Morgan fingerprint density at radius 1 is 1.50 bits per heavy atom. The molecule has 0 N–H and O–H groups in total. The molecule has 1 heterocycles. The zero-order valence-corrected chi connectivity index (χ0v) is 9.86. The number of nitrogens with zero attached hydrogens (tertiary/aromatic N) is 1. The number of aromatic nitrogens is 1. The Hall–Kier alpha value is -0.700. The summed E-state index contributed by atoms with van der Waals surface area (Å²) < 4.78 is 0. The van der Waals surface area contributed by atoms with Crippen LogP contribution in [0.15, 0.2) is 5.38 Å². The summed E-state index contributed by atoms with van der Waals surface area (Å²) in [7, 11) is 0. The summed E-state index contributed by atoms with van der Waals surface area (Å²) in [4.78, 5) is 16.0. The van der Waals surface area contributed by atoms with Crippen molar-refractivity contribution in [3.05, 3.63) is 16.1 Å². The van der Waals surface area contributed by atoms with E-state index in [1.165, 1.54) is 0 Å². The topological polar surface area (TPSA) is 30.0 Å². The molecule has 1 aromatic heterocycles. The van der Waals surface area contributed by atoms with Crippen LogP contribution in [0.3, 0.4) is 0 Å². The van der Waals surface area contributed by atoms with Gasteiger partial charge in [0.2, 0.25) is 0 Å². The molecule has 78 valence electrons. The Kier molecular flexibility index (Phi) is 4.26. The Morgan fingerprint density at radius 3 is 2.57 bits per heavy atom. The van der Waals surface area contributed by atoms with E-state index >= 15 is 0 Å². The van der Waals surface area contributed by atoms with Gasteiger partial charge in [-0.05, 0) is 19.8 Å². The third-order valence-corrected chi connectivity index (χ3v) is 3.40. The fourth-order valence-corrected chi connectivity index (χ4v) is 2.30. The highest BCUT2D eigenvalue weighted by Crippen LogP contribution is 2.15. The second kappa shape index (κ2) is 5.25. The van der Waals surface area contributed by atoms with Gasteiger partial charge in [-0.15, -0.1) is 11.3 Å². The summed E-state index contributed by atoms with van der Waals surface area (Å²) in [5.41, 5.74) is 1.02. The lowest BCUT2D eigenvalue weighted by atomic mass is 9.96. The fraction of sp³-hybridized carbons (Fsp3) is 0.636. The van der Waals surface area contributed by atoms with Crippen molar-refractivity contribution in [2.75, 3.05) is 0 Å². The molecule has 0 aliphatic heterocycles. The zero-order valence-electron chi connectivity index (χ0n) is 9.04. The molecule has 1 rings (SSSR count). The number of ketones is 1. The maximum absolute atomic E-state index is 11.8. The van der Waals surface area contributed by atoms with Crippen LogP contribution in [0.5, 0.6) is 0 Å². The van der Waals surface area contributed by atoms with Gasteiger partial charge < -0.3 is 0 Å². The van der Waals surface area contributed by atoms with E-state index in [4.69, 9.17) is 0 Å². The minimum Gasteiger partial charge on any atom is -0.299 e. The van der Waals surface area contributed by atoms with E-state index < -0.39 is 0 Å². The average molecular weight is 211 g/mol. The number of aryl methyl sites for hydroxylation is 1. The first-order chi connectivity index (χ1) is 6.67. The second-order valence-electron chi connectivity index (χ2n) is 3.54. The molecule has 0 aromatic carbocycles. The molecule has 1 aromatic rings. The van der Waals surface area contributed by atoms with Gasteiger partial charge in [0.15, 0.2) is 0 Å². The van der Waals surface area contributed by atoms with Crippen LogP contribution in [0, 0.1) is 12.8 Å². The van der Waals surface area contributed by atoms with E-state index in [-0.39, 0.29) is 5.92 Å². The fourth-order valence-electron chi connectivity index (χ4n) is 1.52. The largest absolute Gasteiger partial charge is 0.299 e. The van der Waals surface area contributed by atoms with Crippen LogP contribution in [-0.4, -0.2) is 10.8 Å². The predicted molar refractivity (Wildman–Crippen MR) is 59.6 cm³/mol. The summed E-state index contributed by atoms with van der Waals surface area (Å²) in [6.45, 7) is 6.10. The highest BCUT2D eigenvalue weighted by Gasteiger charge is 2.15. The second-order valence-corrected chi connectivity index (χ2v) is 4.48. The molecule has 2 nitrogen and oxygen atoms in total. The lowest BCUT2D eigenvalue weighted by molar-refractivity contribution is -0.122. The number of carbonyl (C=O) groups excluding carboxylic acids is 1. The van der Waals surface area contributed by atoms with Crippen LogP contribution in [0.2, 0.25) is 0 Å². The van der Waals surface area contributed by atoms with E-state index in [9.17, 15) is 4.79 Å². The third kappa shape index (κ3) is 2.91. The molecule has 0 spiro atoms. The van der Waals surface area contributed by atoms with Crippen molar-refractivity contribution in [1.82, 2.24) is 4.98 Å². The van der Waals surface area contributed by atoms with Gasteiger partial charge in [-0.25, -0.2) is 4.98 Å². The Labute approximate surface area is 89.4 Å². The van der Waals surface area contributed by atoms with E-state index in [2.05, 4.69) is 18.8 Å². The molecular weight excluding hydrogens is 194 g/mol. The van der Waals surface area contributed by atoms with Gasteiger partial charge in [-0.1, -0.05) is 13.8 Å². The summed E-state index contributed by atoms with van der Waals surface area (Å²) in [6.07, 6.45) is 2.41. The summed E-state index contributed by atoms with van der Waals surface area (Å²) in [5, 5.41) is 2.95. The monoisotopic (exact) mass is 211 g/mol. The lowest BCUT2D eigenvalue weighted by Gasteiger charge is -2.08. The first-order valence-corrected chi connectivity index (χ1v) is 5.99. The smallest absolute Gasteiger partial charge is 0.142 e. The van der Waals surface area contributed by atoms with Crippen LogP contribution in [0.4, 0.5) is 0 Å². The number of carbonyl (C=O) groups is 1. The Morgan fingerprint density at radius 2 is 2.14 bits per heavy atom. The molecule has 0 bridgehead atoms. The highest BCUT2D eigenvalue weighted by atomic mass is 32.1. The first kappa shape index (κ1) is 11.4. The molecule has 0 atom stereocenters. The van der Waals surface area contributed by atoms with Crippen molar-refractivity contribution in [3.8, 4) is 0 Å². The molecule has 0 saturated heterocycles. The predicted octanol–water partition coefficient (Wildman–Crippen LogP) is 3.00. The number of rotatable bonds is 5. The zero-order chi connectivity index (χ0) is 10.6. The van der Waals surface area contributed by atoms with Crippen LogP contribution < -0.4 is 0 Å². The number of hydrogen-bond acceptors (Lipinski definition) is 3. The van der Waals surface area contributed by atoms with Crippen LogP contribution in [0.25, 0.3) is 0 Å². The quantitative estimate of drug-likeness (QED) is 0.749. The summed E-state index contributed by atoms with van der Waals surface area (Å²) in [6, 6.07) is 0. The Bertz CT molecular complexity index is 302. The third-order valence-electron chi connectivity index (χ3n) is 2.43. The molecule has 3 heteroatoms. The number of Topliss-reactive ketones (excluding diaryl/α,β-unsaturated/α-hetero) is 1. The number of hydrogen-bond donors (Lipinski definition) is 0. The van der Waals surface area contributed by atoms with Crippen molar-refractivity contribution >= 4 is 17.1 Å². The van der Waals surface area contributed by atoms with E-state index in [0.717, 1.165) is 23.5 Å². The SMILES string of the molecule is CCC(CC)C(=O)Cc1nc(C)cs1. The molecule has 0 amide bonds. The molecule has 14 heavy (non-hydrogen) atoms. The minimum atomic E-state index is 0.221. The standard InChI is InChI=1S/C11H17NOS/c1-4-9(5-2)10(13)6-11-12-8(3)7-14-11/h7,9H,4-6H2,1-3H3. The lowest BCUT2D eigenvalue weighted by Crippen LogP contribution is -2.15. The van der Waals surface area contributed by atoms with Crippen LogP contribution >= 0.6 is 11.3 Å². The normalized spacial score (nSPS) is 10.9. The van der Waals surface area contributed by atoms with Crippen molar-refractivity contribution < 1.29 is 4.79 Å². The minimum absolute atomic E-state index is 0.221. The number of thiazole rings is 1. The Balaban J connectivity index is 2.56.